The van der Waals surface area contributed by atoms with Crippen molar-refractivity contribution in [1.82, 2.24) is 4.58 Å². The van der Waals surface area contributed by atoms with Gasteiger partial charge in [-0.3, -0.25) is 0 Å². The van der Waals surface area contributed by atoms with Gasteiger partial charge in [0, 0.05) is 49.7 Å². The Morgan fingerprint density at radius 3 is 2.79 bits per heavy atom. The molecule has 2 aliphatic rings. The van der Waals surface area contributed by atoms with E-state index in [4.69, 9.17) is 4.99 Å². The third-order valence-corrected chi connectivity index (χ3v) is 6.32. The Morgan fingerprint density at radius 2 is 2.00 bits per heavy atom. The Bertz CT molecular complexity index is 1020. The van der Waals surface area contributed by atoms with E-state index < -0.39 is 0 Å². The molecule has 0 N–H and O–H groups in total. The minimum absolute atomic E-state index is 0.987. The van der Waals surface area contributed by atoms with E-state index in [9.17, 15) is 0 Å². The Kier molecular flexibility index (Phi) is 6.13. The normalized spacial score (nSPS) is 14.1. The molecular weight excluding hydrogens is 354 g/mol. The van der Waals surface area contributed by atoms with Crippen molar-refractivity contribution >= 4 is 11.4 Å². The summed E-state index contributed by atoms with van der Waals surface area (Å²) in [6.07, 6.45) is 8.90. The van der Waals surface area contributed by atoms with Crippen molar-refractivity contribution in [3.05, 3.63) is 70.4 Å². The van der Waals surface area contributed by atoms with Gasteiger partial charge in [0.25, 0.3) is 0 Å². The molecule has 0 aromatic heterocycles. The molecule has 152 valence electrons. The molecule has 2 aromatic carbocycles. The van der Waals surface area contributed by atoms with Gasteiger partial charge >= 0.3 is 0 Å². The molecule has 0 saturated heterocycles. The van der Waals surface area contributed by atoms with Crippen molar-refractivity contribution in [2.75, 3.05) is 31.1 Å². The highest BCUT2D eigenvalue weighted by Gasteiger charge is 2.22. The van der Waals surface area contributed by atoms with Gasteiger partial charge in [-0.05, 0) is 55.2 Å². The quantitative estimate of drug-likeness (QED) is 0.306. The summed E-state index contributed by atoms with van der Waals surface area (Å²) in [5, 5.41) is 2.61. The van der Waals surface area contributed by atoms with Gasteiger partial charge in [0.15, 0.2) is 0 Å². The van der Waals surface area contributed by atoms with Crippen LogP contribution in [-0.2, 0) is 12.8 Å². The summed E-state index contributed by atoms with van der Waals surface area (Å²) < 4.78 is 2.55. The molecule has 2 aliphatic heterocycles. The Labute approximate surface area is 175 Å². The van der Waals surface area contributed by atoms with Crippen LogP contribution in [-0.4, -0.2) is 26.2 Å². The number of nitrogens with zero attached hydrogens (tertiary/aromatic N) is 3. The van der Waals surface area contributed by atoms with E-state index in [2.05, 4.69) is 60.2 Å². The standard InChI is InChI=1S/C26H34N3/c1-4-7-9-14-29-15-12-20-18-25-22(19-26(20)29)16-21-17-23(10-11-24(21)27-25)28(6-3)13-8-5-2/h4,10-11,17-19H,1,5-9,12-16H2,2-3H3/q+1. The monoisotopic (exact) mass is 388 g/mol. The first-order valence-corrected chi connectivity index (χ1v) is 11.3. The summed E-state index contributed by atoms with van der Waals surface area (Å²) in [6, 6.07) is 11.6. The summed E-state index contributed by atoms with van der Waals surface area (Å²) in [5.41, 5.74) is 6.68. The lowest BCUT2D eigenvalue weighted by atomic mass is 9.97. The minimum Gasteiger partial charge on any atom is -0.372 e. The summed E-state index contributed by atoms with van der Waals surface area (Å²) in [7, 11) is 0. The summed E-state index contributed by atoms with van der Waals surface area (Å²) in [4.78, 5) is 7.51. The molecule has 0 aliphatic carbocycles. The van der Waals surface area contributed by atoms with Crippen LogP contribution >= 0.6 is 0 Å². The second-order valence-corrected chi connectivity index (χ2v) is 8.31. The van der Waals surface area contributed by atoms with E-state index >= 15 is 0 Å². The number of unbranched alkanes of at least 4 members (excludes halogenated alkanes) is 2. The molecule has 0 amide bonds. The van der Waals surface area contributed by atoms with Crippen LogP contribution in [0.4, 0.5) is 11.4 Å². The maximum atomic E-state index is 5.03. The van der Waals surface area contributed by atoms with Crippen molar-refractivity contribution < 1.29 is 0 Å². The van der Waals surface area contributed by atoms with Gasteiger partial charge in [-0.15, -0.1) is 6.58 Å². The van der Waals surface area contributed by atoms with Crippen molar-refractivity contribution in [3.63, 3.8) is 0 Å². The number of hydrogen-bond donors (Lipinski definition) is 0. The molecule has 3 nitrogen and oxygen atoms in total. The Morgan fingerprint density at radius 1 is 1.10 bits per heavy atom. The molecule has 0 radical (unpaired) electrons. The molecule has 29 heavy (non-hydrogen) atoms. The van der Waals surface area contributed by atoms with Gasteiger partial charge in [-0.2, -0.15) is 0 Å². The van der Waals surface area contributed by atoms with Crippen LogP contribution in [0.5, 0.6) is 0 Å². The lowest BCUT2D eigenvalue weighted by molar-refractivity contribution is 0.584. The van der Waals surface area contributed by atoms with E-state index in [1.165, 1.54) is 52.4 Å². The summed E-state index contributed by atoms with van der Waals surface area (Å²) in [6.45, 7) is 12.8. The second-order valence-electron chi connectivity index (χ2n) is 8.31. The molecule has 0 spiro atoms. The summed E-state index contributed by atoms with van der Waals surface area (Å²) in [5.74, 6) is 0. The van der Waals surface area contributed by atoms with Crippen molar-refractivity contribution in [2.24, 2.45) is 4.99 Å². The number of fused-ring (bicyclic) bond motifs is 3. The highest BCUT2D eigenvalue weighted by atomic mass is 15.1. The first-order valence-electron chi connectivity index (χ1n) is 11.3. The molecule has 4 rings (SSSR count). The maximum absolute atomic E-state index is 5.03. The Balaban J connectivity index is 1.66. The lowest BCUT2D eigenvalue weighted by Crippen LogP contribution is -2.30. The molecule has 0 bridgehead atoms. The van der Waals surface area contributed by atoms with Gasteiger partial charge in [0.1, 0.15) is 13.1 Å². The fourth-order valence-electron chi connectivity index (χ4n) is 4.61. The van der Waals surface area contributed by atoms with Crippen LogP contribution in [0.3, 0.4) is 0 Å². The molecule has 0 atom stereocenters. The first-order chi connectivity index (χ1) is 14.2. The van der Waals surface area contributed by atoms with Gasteiger partial charge in [0.2, 0.25) is 5.36 Å². The maximum Gasteiger partial charge on any atom is 0.203 e. The van der Waals surface area contributed by atoms with Crippen molar-refractivity contribution in [2.45, 2.75) is 52.4 Å². The SMILES string of the molecule is C=CCCC[N+]1=c2cc3c(cc2CC1)=Nc1ccc(N(CC)CCCC)cc1C3. The Hall–Kier alpha value is -2.42. The van der Waals surface area contributed by atoms with Crippen LogP contribution in [0, 0.1) is 0 Å². The highest BCUT2D eigenvalue weighted by Crippen LogP contribution is 2.29. The molecule has 2 heterocycles. The van der Waals surface area contributed by atoms with E-state index in [1.54, 1.807) is 0 Å². The smallest absolute Gasteiger partial charge is 0.203 e. The average molecular weight is 389 g/mol. The van der Waals surface area contributed by atoms with Gasteiger partial charge < -0.3 is 4.90 Å². The van der Waals surface area contributed by atoms with Gasteiger partial charge in [-0.25, -0.2) is 9.57 Å². The zero-order valence-corrected chi connectivity index (χ0v) is 18.1. The third-order valence-electron chi connectivity index (χ3n) is 6.32. The van der Waals surface area contributed by atoms with Crippen LogP contribution in [0.25, 0.3) is 0 Å². The van der Waals surface area contributed by atoms with Gasteiger partial charge in [-0.1, -0.05) is 19.4 Å². The molecule has 0 saturated carbocycles. The predicted molar refractivity (Wildman–Crippen MR) is 123 cm³/mol. The molecular formula is C26H34N3+. The zero-order chi connectivity index (χ0) is 20.2. The molecule has 0 unspecified atom stereocenters. The lowest BCUT2D eigenvalue weighted by Gasteiger charge is -2.24. The van der Waals surface area contributed by atoms with Crippen LogP contribution < -0.4 is 20.2 Å². The fraction of sp³-hybridized carbons (Fsp3) is 0.462. The molecule has 0 fully saturated rings. The van der Waals surface area contributed by atoms with Crippen LogP contribution in [0.15, 0.2) is 48.0 Å². The predicted octanol–water partition coefficient (Wildman–Crippen LogP) is 4.18. The first kappa shape index (κ1) is 19.9. The number of hydrogen-bond acceptors (Lipinski definition) is 2. The largest absolute Gasteiger partial charge is 0.372 e. The highest BCUT2D eigenvalue weighted by molar-refractivity contribution is 5.60. The zero-order valence-electron chi connectivity index (χ0n) is 18.1. The van der Waals surface area contributed by atoms with Crippen molar-refractivity contribution in [3.8, 4) is 0 Å². The van der Waals surface area contributed by atoms with Gasteiger partial charge in [0.05, 0.1) is 11.0 Å². The van der Waals surface area contributed by atoms with Crippen LogP contribution in [0.2, 0.25) is 0 Å². The molecule has 3 heteroatoms. The molecule has 2 aromatic rings. The minimum atomic E-state index is 0.987. The average Bonchev–Trinajstić information content (AvgIpc) is 3.13. The van der Waals surface area contributed by atoms with E-state index in [0.29, 0.717) is 0 Å². The van der Waals surface area contributed by atoms with Crippen molar-refractivity contribution in [1.29, 1.82) is 0 Å². The summed E-state index contributed by atoms with van der Waals surface area (Å²) >= 11 is 0. The third kappa shape index (κ3) is 4.14. The second kappa shape index (κ2) is 8.94. The number of anilines is 1. The van der Waals surface area contributed by atoms with E-state index in [0.717, 1.165) is 51.1 Å². The topological polar surface area (TPSA) is 18.6 Å². The van der Waals surface area contributed by atoms with E-state index in [1.807, 2.05) is 6.08 Å². The number of allylic oxidation sites excluding steroid dienone is 1. The fourth-order valence-corrected chi connectivity index (χ4v) is 4.61. The van der Waals surface area contributed by atoms with E-state index in [-0.39, 0.29) is 0 Å². The van der Waals surface area contributed by atoms with Crippen LogP contribution in [0.1, 0.15) is 56.2 Å². The number of benzene rings is 2. The number of rotatable bonds is 9.